The van der Waals surface area contributed by atoms with E-state index >= 15 is 0 Å². The van der Waals surface area contributed by atoms with Crippen molar-refractivity contribution in [1.29, 1.82) is 0 Å². The smallest absolute Gasteiger partial charge is 0.278 e. The minimum absolute atomic E-state index is 0.190. The van der Waals surface area contributed by atoms with E-state index in [1.165, 1.54) is 11.3 Å². The van der Waals surface area contributed by atoms with Crippen molar-refractivity contribution in [3.63, 3.8) is 0 Å². The summed E-state index contributed by atoms with van der Waals surface area (Å²) in [5.74, 6) is 0.128. The third kappa shape index (κ3) is 2.88. The monoisotopic (exact) mass is 324 g/mol. The molecule has 4 heteroatoms. The zero-order chi connectivity index (χ0) is 17.3. The molecule has 0 aromatic heterocycles. The number of amides is 2. The molecule has 1 aromatic rings. The Morgan fingerprint density at radius 3 is 2.54 bits per heavy atom. The van der Waals surface area contributed by atoms with Crippen LogP contribution < -0.4 is 0 Å². The van der Waals surface area contributed by atoms with E-state index < -0.39 is 0 Å². The van der Waals surface area contributed by atoms with Gasteiger partial charge in [0.25, 0.3) is 11.8 Å². The summed E-state index contributed by atoms with van der Waals surface area (Å²) in [7, 11) is 0. The number of carbonyl (C=O) groups excluding carboxylic acids is 2. The Morgan fingerprint density at radius 2 is 1.92 bits per heavy atom. The van der Waals surface area contributed by atoms with E-state index in [2.05, 4.69) is 18.4 Å². The Morgan fingerprint density at radius 1 is 1.21 bits per heavy atom. The first kappa shape index (κ1) is 16.5. The van der Waals surface area contributed by atoms with Crippen molar-refractivity contribution < 1.29 is 9.59 Å². The third-order valence-corrected chi connectivity index (χ3v) is 4.77. The zero-order valence-corrected chi connectivity index (χ0v) is 14.4. The van der Waals surface area contributed by atoms with Gasteiger partial charge in [-0.2, -0.15) is 0 Å². The predicted octanol–water partition coefficient (Wildman–Crippen LogP) is 2.99. The first-order valence-corrected chi connectivity index (χ1v) is 8.56. The molecule has 0 N–H and O–H groups in total. The minimum Gasteiger partial charge on any atom is -0.366 e. The lowest BCUT2D eigenvalue weighted by molar-refractivity contribution is -0.137. The Balaban J connectivity index is 2.08. The lowest BCUT2D eigenvalue weighted by Crippen LogP contribution is -2.39. The van der Waals surface area contributed by atoms with Gasteiger partial charge in [0, 0.05) is 19.6 Å². The predicted molar refractivity (Wildman–Crippen MR) is 95.0 cm³/mol. The molecule has 2 heterocycles. The van der Waals surface area contributed by atoms with Crippen LogP contribution in [0.3, 0.4) is 0 Å². The van der Waals surface area contributed by atoms with Gasteiger partial charge >= 0.3 is 0 Å². The SMILES string of the molecule is C=CCN1C(=O)C(c2ccc(C)cc2)=C(N2CCCC(C)C2)C1=O. The number of likely N-dealkylation sites (tertiary alicyclic amines) is 1. The molecule has 126 valence electrons. The van der Waals surface area contributed by atoms with Gasteiger partial charge in [0.1, 0.15) is 5.70 Å². The maximum absolute atomic E-state index is 12.9. The van der Waals surface area contributed by atoms with E-state index in [1.807, 2.05) is 31.2 Å². The van der Waals surface area contributed by atoms with Crippen LogP contribution >= 0.6 is 0 Å². The van der Waals surface area contributed by atoms with Crippen molar-refractivity contribution in [2.24, 2.45) is 5.92 Å². The van der Waals surface area contributed by atoms with E-state index in [0.717, 1.165) is 30.6 Å². The van der Waals surface area contributed by atoms with E-state index in [-0.39, 0.29) is 18.4 Å². The Labute approximate surface area is 143 Å². The average molecular weight is 324 g/mol. The van der Waals surface area contributed by atoms with Gasteiger partial charge < -0.3 is 4.90 Å². The summed E-state index contributed by atoms with van der Waals surface area (Å²) in [6, 6.07) is 7.82. The summed E-state index contributed by atoms with van der Waals surface area (Å²) < 4.78 is 0. The van der Waals surface area contributed by atoms with Gasteiger partial charge in [-0.25, -0.2) is 0 Å². The fraction of sp³-hybridized carbons (Fsp3) is 0.400. The molecule has 24 heavy (non-hydrogen) atoms. The molecule has 2 amide bonds. The van der Waals surface area contributed by atoms with Crippen LogP contribution in [0.5, 0.6) is 0 Å². The third-order valence-electron chi connectivity index (χ3n) is 4.77. The van der Waals surface area contributed by atoms with Crippen LogP contribution in [-0.2, 0) is 9.59 Å². The Kier molecular flexibility index (Phi) is 4.56. The van der Waals surface area contributed by atoms with Crippen LogP contribution in [0.4, 0.5) is 0 Å². The summed E-state index contributed by atoms with van der Waals surface area (Å²) >= 11 is 0. The fourth-order valence-corrected chi connectivity index (χ4v) is 3.52. The van der Waals surface area contributed by atoms with Crippen molar-refractivity contribution in [1.82, 2.24) is 9.80 Å². The van der Waals surface area contributed by atoms with Gasteiger partial charge in [-0.1, -0.05) is 42.8 Å². The van der Waals surface area contributed by atoms with E-state index in [4.69, 9.17) is 0 Å². The first-order valence-electron chi connectivity index (χ1n) is 8.56. The molecule has 1 fully saturated rings. The second kappa shape index (κ2) is 6.63. The van der Waals surface area contributed by atoms with Gasteiger partial charge in [-0.05, 0) is 31.2 Å². The number of imide groups is 1. The molecule has 1 unspecified atom stereocenters. The number of rotatable bonds is 4. The molecular formula is C20H24N2O2. The van der Waals surface area contributed by atoms with E-state index in [0.29, 0.717) is 17.2 Å². The molecule has 0 bridgehead atoms. The molecule has 3 rings (SSSR count). The number of hydrogen-bond donors (Lipinski definition) is 0. The lowest BCUT2D eigenvalue weighted by atomic mass is 9.97. The summed E-state index contributed by atoms with van der Waals surface area (Å²) in [6.07, 6.45) is 3.82. The number of benzene rings is 1. The van der Waals surface area contributed by atoms with E-state index in [1.54, 1.807) is 6.08 Å². The molecular weight excluding hydrogens is 300 g/mol. The van der Waals surface area contributed by atoms with Gasteiger partial charge in [-0.3, -0.25) is 14.5 Å². The van der Waals surface area contributed by atoms with Crippen LogP contribution in [0.25, 0.3) is 5.57 Å². The summed E-state index contributed by atoms with van der Waals surface area (Å²) in [5, 5.41) is 0. The van der Waals surface area contributed by atoms with Crippen LogP contribution in [0, 0.1) is 12.8 Å². The first-order chi connectivity index (χ1) is 11.5. The van der Waals surface area contributed by atoms with Crippen molar-refractivity contribution in [3.8, 4) is 0 Å². The van der Waals surface area contributed by atoms with E-state index in [9.17, 15) is 9.59 Å². The molecule has 1 saturated heterocycles. The van der Waals surface area contributed by atoms with Crippen molar-refractivity contribution in [2.75, 3.05) is 19.6 Å². The number of hydrogen-bond acceptors (Lipinski definition) is 3. The standard InChI is InChI=1S/C20H24N2O2/c1-4-11-22-19(23)17(16-9-7-14(2)8-10-16)18(20(22)24)21-12-5-6-15(3)13-21/h4,7-10,15H,1,5-6,11-13H2,2-3H3. The summed E-state index contributed by atoms with van der Waals surface area (Å²) in [6.45, 7) is 9.78. The van der Waals surface area contributed by atoms with Crippen molar-refractivity contribution in [3.05, 3.63) is 53.7 Å². The molecule has 0 aliphatic carbocycles. The van der Waals surface area contributed by atoms with Crippen molar-refractivity contribution in [2.45, 2.75) is 26.7 Å². The molecule has 1 atom stereocenters. The topological polar surface area (TPSA) is 40.6 Å². The summed E-state index contributed by atoms with van der Waals surface area (Å²) in [5.41, 5.74) is 3.05. The zero-order valence-electron chi connectivity index (χ0n) is 14.4. The van der Waals surface area contributed by atoms with Crippen LogP contribution in [-0.4, -0.2) is 41.2 Å². The van der Waals surface area contributed by atoms with Crippen LogP contribution in [0.1, 0.15) is 30.9 Å². The second-order valence-corrected chi connectivity index (χ2v) is 6.79. The maximum atomic E-state index is 12.9. The highest BCUT2D eigenvalue weighted by atomic mass is 16.2. The Bertz CT molecular complexity index is 703. The van der Waals surface area contributed by atoms with Gasteiger partial charge in [0.2, 0.25) is 0 Å². The summed E-state index contributed by atoms with van der Waals surface area (Å²) in [4.78, 5) is 29.2. The molecule has 4 nitrogen and oxygen atoms in total. The molecule has 1 aromatic carbocycles. The van der Waals surface area contributed by atoms with Gasteiger partial charge in [0.15, 0.2) is 0 Å². The average Bonchev–Trinajstić information content (AvgIpc) is 2.81. The Hall–Kier alpha value is -2.36. The second-order valence-electron chi connectivity index (χ2n) is 6.79. The van der Waals surface area contributed by atoms with Crippen LogP contribution in [0.15, 0.2) is 42.6 Å². The maximum Gasteiger partial charge on any atom is 0.278 e. The molecule has 0 saturated carbocycles. The fourth-order valence-electron chi connectivity index (χ4n) is 3.52. The molecule has 2 aliphatic heterocycles. The molecule has 2 aliphatic rings. The largest absolute Gasteiger partial charge is 0.366 e. The minimum atomic E-state index is -0.211. The molecule has 0 spiro atoms. The van der Waals surface area contributed by atoms with Gasteiger partial charge in [0.05, 0.1) is 5.57 Å². The number of nitrogens with zero attached hydrogens (tertiary/aromatic N) is 2. The number of aryl methyl sites for hydroxylation is 1. The number of carbonyl (C=O) groups is 2. The van der Waals surface area contributed by atoms with Crippen molar-refractivity contribution >= 4 is 17.4 Å². The lowest BCUT2D eigenvalue weighted by Gasteiger charge is -2.33. The van der Waals surface area contributed by atoms with Crippen LogP contribution in [0.2, 0.25) is 0 Å². The van der Waals surface area contributed by atoms with Gasteiger partial charge in [-0.15, -0.1) is 6.58 Å². The number of piperidine rings is 1. The normalized spacial score (nSPS) is 21.7. The quantitative estimate of drug-likeness (QED) is 0.631. The highest BCUT2D eigenvalue weighted by Gasteiger charge is 2.41. The highest BCUT2D eigenvalue weighted by Crippen LogP contribution is 2.33. The molecule has 0 radical (unpaired) electrons. The highest BCUT2D eigenvalue weighted by molar-refractivity contribution is 6.35.